The van der Waals surface area contributed by atoms with E-state index in [-0.39, 0.29) is 6.54 Å². The Bertz CT molecular complexity index is 534. The van der Waals surface area contributed by atoms with Gasteiger partial charge in [-0.3, -0.25) is 4.68 Å². The summed E-state index contributed by atoms with van der Waals surface area (Å²) in [5, 5.41) is 3.51. The first-order chi connectivity index (χ1) is 8.41. The normalized spacial score (nSPS) is 13.8. The molecule has 2 N–H and O–H groups in total. The van der Waals surface area contributed by atoms with E-state index in [0.29, 0.717) is 4.34 Å². The van der Waals surface area contributed by atoms with Gasteiger partial charge in [-0.05, 0) is 18.2 Å². The second-order valence-electron chi connectivity index (χ2n) is 3.57. The minimum Gasteiger partial charge on any atom is -0.328 e. The summed E-state index contributed by atoms with van der Waals surface area (Å²) in [6.45, 7) is 0.149. The van der Waals surface area contributed by atoms with E-state index in [1.54, 1.807) is 12.1 Å². The fraction of sp³-hybridized carbons (Fsp3) is 0.300. The van der Waals surface area contributed by atoms with Gasteiger partial charge in [0.25, 0.3) is 0 Å². The predicted molar refractivity (Wildman–Crippen MR) is 63.8 cm³/mol. The van der Waals surface area contributed by atoms with Gasteiger partial charge in [-0.25, -0.2) is 0 Å². The summed E-state index contributed by atoms with van der Waals surface area (Å²) in [7, 11) is 0. The van der Waals surface area contributed by atoms with Crippen molar-refractivity contribution in [2.75, 3.05) is 6.54 Å². The van der Waals surface area contributed by atoms with Crippen molar-refractivity contribution >= 4 is 22.9 Å². The first kappa shape index (κ1) is 13.4. The molecule has 0 bridgehead atoms. The second kappa shape index (κ2) is 4.91. The minimum atomic E-state index is -4.45. The molecule has 0 saturated heterocycles. The Labute approximate surface area is 110 Å². The SMILES string of the molecule is NCC(c1ccc(Cl)s1)n1ccc(C(F)(F)F)n1. The van der Waals surface area contributed by atoms with Crippen molar-refractivity contribution in [3.05, 3.63) is 39.3 Å². The van der Waals surface area contributed by atoms with E-state index in [9.17, 15) is 13.2 Å². The summed E-state index contributed by atoms with van der Waals surface area (Å²) >= 11 is 7.07. The van der Waals surface area contributed by atoms with E-state index in [1.807, 2.05) is 0 Å². The summed E-state index contributed by atoms with van der Waals surface area (Å²) < 4.78 is 39.1. The molecule has 8 heteroatoms. The molecule has 2 rings (SSSR count). The van der Waals surface area contributed by atoms with Gasteiger partial charge < -0.3 is 5.73 Å². The Kier molecular flexibility index (Phi) is 3.65. The molecule has 0 radical (unpaired) electrons. The number of halogens is 4. The Morgan fingerprint density at radius 2 is 2.11 bits per heavy atom. The lowest BCUT2D eigenvalue weighted by atomic mass is 10.2. The molecule has 2 aromatic rings. The van der Waals surface area contributed by atoms with Crippen LogP contribution in [0, 0.1) is 0 Å². The number of alkyl halides is 3. The van der Waals surface area contributed by atoms with Gasteiger partial charge in [-0.1, -0.05) is 11.6 Å². The Morgan fingerprint density at radius 3 is 2.56 bits per heavy atom. The van der Waals surface area contributed by atoms with E-state index in [4.69, 9.17) is 17.3 Å². The molecule has 0 aromatic carbocycles. The molecule has 0 amide bonds. The van der Waals surface area contributed by atoms with Crippen molar-refractivity contribution in [1.82, 2.24) is 9.78 Å². The summed E-state index contributed by atoms with van der Waals surface area (Å²) in [5.41, 5.74) is 4.66. The van der Waals surface area contributed by atoms with Gasteiger partial charge in [0.1, 0.15) is 0 Å². The highest BCUT2D eigenvalue weighted by Crippen LogP contribution is 2.31. The Balaban J connectivity index is 2.31. The molecule has 3 nitrogen and oxygen atoms in total. The number of thiophene rings is 1. The van der Waals surface area contributed by atoms with Crippen molar-refractivity contribution in [3.8, 4) is 0 Å². The number of hydrogen-bond donors (Lipinski definition) is 1. The molecule has 18 heavy (non-hydrogen) atoms. The quantitative estimate of drug-likeness (QED) is 0.945. The van der Waals surface area contributed by atoms with Gasteiger partial charge in [-0.15, -0.1) is 11.3 Å². The largest absolute Gasteiger partial charge is 0.435 e. The lowest BCUT2D eigenvalue weighted by Gasteiger charge is -2.13. The summed E-state index contributed by atoms with van der Waals surface area (Å²) in [4.78, 5) is 0.777. The zero-order valence-electron chi connectivity index (χ0n) is 8.99. The van der Waals surface area contributed by atoms with E-state index < -0.39 is 17.9 Å². The van der Waals surface area contributed by atoms with Crippen molar-refractivity contribution in [2.45, 2.75) is 12.2 Å². The Morgan fingerprint density at radius 1 is 1.39 bits per heavy atom. The third-order valence-electron chi connectivity index (χ3n) is 2.36. The maximum absolute atomic E-state index is 12.4. The highest BCUT2D eigenvalue weighted by Gasteiger charge is 2.34. The molecule has 0 spiro atoms. The molecule has 98 valence electrons. The third kappa shape index (κ3) is 2.68. The fourth-order valence-corrected chi connectivity index (χ4v) is 2.69. The van der Waals surface area contributed by atoms with Crippen molar-refractivity contribution in [2.24, 2.45) is 5.73 Å². The molecule has 1 atom stereocenters. The standard InChI is InChI=1S/C10H9ClF3N3S/c11-9-2-1-7(18-9)6(5-15)17-4-3-8(16-17)10(12,13)14/h1-4,6H,5,15H2. The van der Waals surface area contributed by atoms with Crippen LogP contribution in [-0.4, -0.2) is 16.3 Å². The van der Waals surface area contributed by atoms with E-state index in [0.717, 1.165) is 10.9 Å². The fourth-order valence-electron chi connectivity index (χ4n) is 1.52. The summed E-state index contributed by atoms with van der Waals surface area (Å²) in [6, 6.07) is 3.91. The predicted octanol–water partition coefficient (Wildman–Crippen LogP) is 3.16. The summed E-state index contributed by atoms with van der Waals surface area (Å²) in [5.74, 6) is 0. The van der Waals surface area contributed by atoms with Crippen LogP contribution in [0.5, 0.6) is 0 Å². The van der Waals surface area contributed by atoms with Crippen molar-refractivity contribution in [3.63, 3.8) is 0 Å². The smallest absolute Gasteiger partial charge is 0.328 e. The molecule has 0 saturated carbocycles. The molecule has 0 aliphatic carbocycles. The van der Waals surface area contributed by atoms with Gasteiger partial charge in [0.2, 0.25) is 0 Å². The monoisotopic (exact) mass is 295 g/mol. The van der Waals surface area contributed by atoms with Crippen LogP contribution in [0.1, 0.15) is 16.6 Å². The topological polar surface area (TPSA) is 43.8 Å². The molecule has 0 aliphatic rings. The lowest BCUT2D eigenvalue weighted by molar-refractivity contribution is -0.141. The van der Waals surface area contributed by atoms with Crippen LogP contribution in [-0.2, 0) is 6.18 Å². The maximum Gasteiger partial charge on any atom is 0.435 e. The van der Waals surface area contributed by atoms with Crippen LogP contribution in [0.4, 0.5) is 13.2 Å². The molecular weight excluding hydrogens is 287 g/mol. The molecule has 2 aromatic heterocycles. The van der Waals surface area contributed by atoms with Crippen LogP contribution < -0.4 is 5.73 Å². The zero-order chi connectivity index (χ0) is 13.3. The van der Waals surface area contributed by atoms with Crippen LogP contribution in [0.25, 0.3) is 0 Å². The van der Waals surface area contributed by atoms with Gasteiger partial charge >= 0.3 is 6.18 Å². The first-order valence-corrected chi connectivity index (χ1v) is 6.19. The second-order valence-corrected chi connectivity index (χ2v) is 5.32. The number of aromatic nitrogens is 2. The van der Waals surface area contributed by atoms with Crippen LogP contribution in [0.15, 0.2) is 24.4 Å². The van der Waals surface area contributed by atoms with Crippen LogP contribution in [0.2, 0.25) is 4.34 Å². The average Bonchev–Trinajstić information content (AvgIpc) is 2.88. The first-order valence-electron chi connectivity index (χ1n) is 4.99. The third-order valence-corrected chi connectivity index (χ3v) is 3.70. The van der Waals surface area contributed by atoms with Crippen molar-refractivity contribution in [1.29, 1.82) is 0 Å². The van der Waals surface area contributed by atoms with E-state index in [2.05, 4.69) is 5.10 Å². The van der Waals surface area contributed by atoms with Gasteiger partial charge in [-0.2, -0.15) is 18.3 Å². The minimum absolute atomic E-state index is 0.149. The van der Waals surface area contributed by atoms with Crippen molar-refractivity contribution < 1.29 is 13.2 Å². The van der Waals surface area contributed by atoms with Gasteiger partial charge in [0.15, 0.2) is 5.69 Å². The molecule has 0 aliphatic heterocycles. The maximum atomic E-state index is 12.4. The van der Waals surface area contributed by atoms with Crippen LogP contribution in [0.3, 0.4) is 0 Å². The zero-order valence-corrected chi connectivity index (χ0v) is 10.6. The molecular formula is C10H9ClF3N3S. The van der Waals surface area contributed by atoms with E-state index >= 15 is 0 Å². The highest BCUT2D eigenvalue weighted by molar-refractivity contribution is 7.16. The molecule has 2 heterocycles. The van der Waals surface area contributed by atoms with Crippen LogP contribution >= 0.6 is 22.9 Å². The highest BCUT2D eigenvalue weighted by atomic mass is 35.5. The number of nitrogens with two attached hydrogens (primary N) is 1. The van der Waals surface area contributed by atoms with Gasteiger partial charge in [0, 0.05) is 17.6 Å². The lowest BCUT2D eigenvalue weighted by Crippen LogP contribution is -2.20. The summed E-state index contributed by atoms with van der Waals surface area (Å²) in [6.07, 6.45) is -3.18. The average molecular weight is 296 g/mol. The van der Waals surface area contributed by atoms with E-state index in [1.165, 1.54) is 22.2 Å². The Hall–Kier alpha value is -1.05. The number of rotatable bonds is 3. The molecule has 0 fully saturated rings. The molecule has 1 unspecified atom stereocenters. The number of hydrogen-bond acceptors (Lipinski definition) is 3. The number of nitrogens with zero attached hydrogens (tertiary/aromatic N) is 2. The van der Waals surface area contributed by atoms with Gasteiger partial charge in [0.05, 0.1) is 10.4 Å².